The number of carbonyl (C=O) groups is 1. The lowest BCUT2D eigenvalue weighted by atomic mass is 10.1. The van der Waals surface area contributed by atoms with E-state index in [1.165, 1.54) is 0 Å². The van der Waals surface area contributed by atoms with Gasteiger partial charge in [-0.15, -0.1) is 0 Å². The Labute approximate surface area is 84.5 Å². The summed E-state index contributed by atoms with van der Waals surface area (Å²) in [7, 11) is 1.60. The standard InChI is InChI=1S/C9H20N2O3/c1-9(14,7-12)6-11-5-3-4-8(13)10-2/h11-12,14H,3-7H2,1-2H3,(H,10,13). The van der Waals surface area contributed by atoms with Crippen LogP contribution >= 0.6 is 0 Å². The van der Waals surface area contributed by atoms with Gasteiger partial charge in [0, 0.05) is 20.0 Å². The highest BCUT2D eigenvalue weighted by Gasteiger charge is 2.17. The van der Waals surface area contributed by atoms with E-state index in [9.17, 15) is 9.90 Å². The fraction of sp³-hybridized carbons (Fsp3) is 0.889. The predicted molar refractivity (Wildman–Crippen MR) is 53.9 cm³/mol. The van der Waals surface area contributed by atoms with Crippen molar-refractivity contribution in [2.24, 2.45) is 0 Å². The maximum Gasteiger partial charge on any atom is 0.219 e. The van der Waals surface area contributed by atoms with Gasteiger partial charge in [-0.05, 0) is 19.9 Å². The van der Waals surface area contributed by atoms with E-state index in [-0.39, 0.29) is 12.5 Å². The summed E-state index contributed by atoms with van der Waals surface area (Å²) in [6, 6.07) is 0. The molecule has 0 spiro atoms. The van der Waals surface area contributed by atoms with Crippen LogP contribution in [0.4, 0.5) is 0 Å². The van der Waals surface area contributed by atoms with Crippen molar-refractivity contribution in [3.63, 3.8) is 0 Å². The average molecular weight is 204 g/mol. The molecular weight excluding hydrogens is 184 g/mol. The van der Waals surface area contributed by atoms with Gasteiger partial charge in [0.15, 0.2) is 0 Å². The van der Waals surface area contributed by atoms with E-state index in [4.69, 9.17) is 5.11 Å². The molecule has 0 rings (SSSR count). The van der Waals surface area contributed by atoms with E-state index in [0.717, 1.165) is 6.42 Å². The third-order valence-electron chi connectivity index (χ3n) is 1.88. The molecular formula is C9H20N2O3. The number of hydrogen-bond donors (Lipinski definition) is 4. The number of hydrogen-bond acceptors (Lipinski definition) is 4. The van der Waals surface area contributed by atoms with E-state index < -0.39 is 5.60 Å². The molecule has 5 nitrogen and oxygen atoms in total. The Morgan fingerprint density at radius 3 is 2.64 bits per heavy atom. The highest BCUT2D eigenvalue weighted by atomic mass is 16.3. The molecule has 5 heteroatoms. The third-order valence-corrected chi connectivity index (χ3v) is 1.88. The fourth-order valence-electron chi connectivity index (χ4n) is 0.913. The predicted octanol–water partition coefficient (Wildman–Crippen LogP) is -1.15. The SMILES string of the molecule is CNC(=O)CCCNCC(C)(O)CO. The molecule has 0 aromatic rings. The van der Waals surface area contributed by atoms with Crippen LogP contribution in [0.25, 0.3) is 0 Å². The second-order valence-electron chi connectivity index (χ2n) is 3.61. The molecule has 4 N–H and O–H groups in total. The molecule has 0 bridgehead atoms. The second-order valence-corrected chi connectivity index (χ2v) is 3.61. The summed E-state index contributed by atoms with van der Waals surface area (Å²) in [6.45, 7) is 2.27. The monoisotopic (exact) mass is 204 g/mol. The van der Waals surface area contributed by atoms with E-state index in [1.54, 1.807) is 14.0 Å². The van der Waals surface area contributed by atoms with Gasteiger partial charge in [-0.2, -0.15) is 0 Å². The number of aliphatic hydroxyl groups excluding tert-OH is 1. The summed E-state index contributed by atoms with van der Waals surface area (Å²) in [5, 5.41) is 23.6. The molecule has 0 aliphatic carbocycles. The Morgan fingerprint density at radius 1 is 1.50 bits per heavy atom. The van der Waals surface area contributed by atoms with Crippen molar-refractivity contribution in [2.45, 2.75) is 25.4 Å². The first-order valence-corrected chi connectivity index (χ1v) is 4.76. The van der Waals surface area contributed by atoms with Gasteiger partial charge < -0.3 is 20.8 Å². The van der Waals surface area contributed by atoms with Gasteiger partial charge in [0.05, 0.1) is 12.2 Å². The molecule has 0 fully saturated rings. The van der Waals surface area contributed by atoms with Crippen molar-refractivity contribution in [3.8, 4) is 0 Å². The van der Waals surface area contributed by atoms with Crippen molar-refractivity contribution in [2.75, 3.05) is 26.7 Å². The van der Waals surface area contributed by atoms with Crippen LogP contribution in [0.2, 0.25) is 0 Å². The molecule has 14 heavy (non-hydrogen) atoms. The smallest absolute Gasteiger partial charge is 0.219 e. The first kappa shape index (κ1) is 13.4. The minimum Gasteiger partial charge on any atom is -0.393 e. The lowest BCUT2D eigenvalue weighted by Crippen LogP contribution is -2.41. The van der Waals surface area contributed by atoms with E-state index in [1.807, 2.05) is 0 Å². The zero-order valence-corrected chi connectivity index (χ0v) is 8.84. The van der Waals surface area contributed by atoms with Gasteiger partial charge in [-0.3, -0.25) is 4.79 Å². The van der Waals surface area contributed by atoms with Crippen molar-refractivity contribution in [1.82, 2.24) is 10.6 Å². The molecule has 0 saturated heterocycles. The Morgan fingerprint density at radius 2 is 2.14 bits per heavy atom. The summed E-state index contributed by atoms with van der Waals surface area (Å²) >= 11 is 0. The molecule has 0 aliphatic heterocycles. The minimum atomic E-state index is -1.08. The second kappa shape index (κ2) is 6.75. The number of amides is 1. The maximum atomic E-state index is 10.8. The topological polar surface area (TPSA) is 81.6 Å². The Hall–Kier alpha value is -0.650. The summed E-state index contributed by atoms with van der Waals surface area (Å²) in [5.74, 6) is 0.0146. The van der Waals surface area contributed by atoms with Gasteiger partial charge in [0.25, 0.3) is 0 Å². The molecule has 1 amide bonds. The molecule has 1 unspecified atom stereocenters. The lowest BCUT2D eigenvalue weighted by molar-refractivity contribution is -0.120. The molecule has 0 aromatic carbocycles. The molecule has 0 aliphatic rings. The Balaban J connectivity index is 3.34. The first-order valence-electron chi connectivity index (χ1n) is 4.76. The molecule has 0 radical (unpaired) electrons. The fourth-order valence-corrected chi connectivity index (χ4v) is 0.913. The van der Waals surface area contributed by atoms with Crippen LogP contribution in [-0.2, 0) is 4.79 Å². The van der Waals surface area contributed by atoms with Crippen molar-refractivity contribution in [1.29, 1.82) is 0 Å². The summed E-state index contributed by atoms with van der Waals surface area (Å²) < 4.78 is 0. The van der Waals surface area contributed by atoms with Crippen LogP contribution in [0.15, 0.2) is 0 Å². The molecule has 0 saturated carbocycles. The van der Waals surface area contributed by atoms with Crippen molar-refractivity contribution >= 4 is 5.91 Å². The summed E-state index contributed by atoms with van der Waals surface area (Å²) in [4.78, 5) is 10.8. The molecule has 84 valence electrons. The van der Waals surface area contributed by atoms with E-state index >= 15 is 0 Å². The number of rotatable bonds is 7. The van der Waals surface area contributed by atoms with Crippen LogP contribution in [-0.4, -0.2) is 48.5 Å². The third kappa shape index (κ3) is 6.82. The number of carbonyl (C=O) groups excluding carboxylic acids is 1. The summed E-state index contributed by atoms with van der Waals surface area (Å²) in [6.07, 6.45) is 1.20. The molecule has 1 atom stereocenters. The number of aliphatic hydroxyl groups is 2. The van der Waals surface area contributed by atoms with Crippen LogP contribution in [0.1, 0.15) is 19.8 Å². The zero-order chi connectivity index (χ0) is 11.0. The van der Waals surface area contributed by atoms with Crippen LogP contribution in [0, 0.1) is 0 Å². The van der Waals surface area contributed by atoms with E-state index in [2.05, 4.69) is 10.6 Å². The highest BCUT2D eigenvalue weighted by Crippen LogP contribution is 1.98. The van der Waals surface area contributed by atoms with Gasteiger partial charge in [-0.25, -0.2) is 0 Å². The van der Waals surface area contributed by atoms with Gasteiger partial charge >= 0.3 is 0 Å². The largest absolute Gasteiger partial charge is 0.393 e. The number of nitrogens with one attached hydrogen (secondary N) is 2. The van der Waals surface area contributed by atoms with Gasteiger partial charge in [-0.1, -0.05) is 0 Å². The minimum absolute atomic E-state index is 0.0146. The first-order chi connectivity index (χ1) is 6.52. The van der Waals surface area contributed by atoms with Crippen LogP contribution in [0.5, 0.6) is 0 Å². The lowest BCUT2D eigenvalue weighted by Gasteiger charge is -2.20. The maximum absolute atomic E-state index is 10.8. The normalized spacial score (nSPS) is 14.9. The molecule has 0 heterocycles. The van der Waals surface area contributed by atoms with Gasteiger partial charge in [0.1, 0.15) is 0 Å². The average Bonchev–Trinajstić information content (AvgIpc) is 2.17. The van der Waals surface area contributed by atoms with E-state index in [0.29, 0.717) is 19.5 Å². The Bertz CT molecular complexity index is 171. The van der Waals surface area contributed by atoms with Crippen molar-refractivity contribution < 1.29 is 15.0 Å². The zero-order valence-electron chi connectivity index (χ0n) is 8.84. The van der Waals surface area contributed by atoms with Crippen molar-refractivity contribution in [3.05, 3.63) is 0 Å². The Kier molecular flexibility index (Phi) is 6.44. The van der Waals surface area contributed by atoms with Crippen LogP contribution < -0.4 is 10.6 Å². The quantitative estimate of drug-likeness (QED) is 0.395. The van der Waals surface area contributed by atoms with Crippen LogP contribution in [0.3, 0.4) is 0 Å². The van der Waals surface area contributed by atoms with Gasteiger partial charge in [0.2, 0.25) is 5.91 Å². The molecule has 0 aromatic heterocycles. The highest BCUT2D eigenvalue weighted by molar-refractivity contribution is 5.75. The summed E-state index contributed by atoms with van der Waals surface area (Å²) in [5.41, 5.74) is -1.08.